The van der Waals surface area contributed by atoms with Gasteiger partial charge in [-0.1, -0.05) is 30.3 Å². The Balaban J connectivity index is 1.46. The summed E-state index contributed by atoms with van der Waals surface area (Å²) in [7, 11) is 0. The van der Waals surface area contributed by atoms with E-state index < -0.39 is 23.3 Å². The number of carbonyl (C=O) groups is 1. The summed E-state index contributed by atoms with van der Waals surface area (Å²) in [6.07, 6.45) is 1.71. The standard InChI is InChI=1S/C19H23N3O4/c23-16-10-15(11-17(24)18(16)25)21-19(26)20-14-6-8-22(9-7-14)12-13-4-2-1-3-5-13/h1-5,10-11,14,23-25H,6-9,12H2,(H2,20,21,26). The van der Waals surface area contributed by atoms with E-state index in [-0.39, 0.29) is 11.7 Å². The quantitative estimate of drug-likeness (QED) is 0.427. The van der Waals surface area contributed by atoms with Gasteiger partial charge in [0.05, 0.1) is 5.69 Å². The molecule has 0 radical (unpaired) electrons. The maximum atomic E-state index is 12.1. The number of hydrogen-bond donors (Lipinski definition) is 5. The van der Waals surface area contributed by atoms with E-state index >= 15 is 0 Å². The van der Waals surface area contributed by atoms with E-state index in [4.69, 9.17) is 0 Å². The Bertz CT molecular complexity index is 736. The number of piperidine rings is 1. The van der Waals surface area contributed by atoms with Crippen LogP contribution in [0.5, 0.6) is 17.2 Å². The maximum absolute atomic E-state index is 12.1. The first-order valence-electron chi connectivity index (χ1n) is 8.60. The Kier molecular flexibility index (Phi) is 5.48. The minimum absolute atomic E-state index is 0.0707. The fraction of sp³-hybridized carbons (Fsp3) is 0.316. The van der Waals surface area contributed by atoms with Gasteiger partial charge in [-0.15, -0.1) is 0 Å². The van der Waals surface area contributed by atoms with Crippen LogP contribution in [0, 0.1) is 0 Å². The predicted octanol–water partition coefficient (Wildman–Crippen LogP) is 2.59. The first kappa shape index (κ1) is 17.9. The molecule has 5 N–H and O–H groups in total. The molecular formula is C19H23N3O4. The molecule has 1 fully saturated rings. The number of likely N-dealkylation sites (tertiary alicyclic amines) is 1. The van der Waals surface area contributed by atoms with E-state index in [1.54, 1.807) is 0 Å². The molecule has 2 aromatic carbocycles. The molecule has 1 aliphatic heterocycles. The smallest absolute Gasteiger partial charge is 0.319 e. The number of phenolic OH excluding ortho intramolecular Hbond substituents is 3. The van der Waals surface area contributed by atoms with Crippen LogP contribution in [0.15, 0.2) is 42.5 Å². The van der Waals surface area contributed by atoms with Gasteiger partial charge in [0.25, 0.3) is 0 Å². The van der Waals surface area contributed by atoms with E-state index in [1.807, 2.05) is 18.2 Å². The average molecular weight is 357 g/mol. The lowest BCUT2D eigenvalue weighted by atomic mass is 10.0. The summed E-state index contributed by atoms with van der Waals surface area (Å²) >= 11 is 0. The molecule has 0 spiro atoms. The second kappa shape index (κ2) is 7.97. The first-order valence-corrected chi connectivity index (χ1v) is 8.60. The van der Waals surface area contributed by atoms with Gasteiger partial charge in [0.2, 0.25) is 0 Å². The number of hydrogen-bond acceptors (Lipinski definition) is 5. The van der Waals surface area contributed by atoms with Crippen LogP contribution in [0.25, 0.3) is 0 Å². The molecule has 7 nitrogen and oxygen atoms in total. The van der Waals surface area contributed by atoms with Gasteiger partial charge in [0.15, 0.2) is 17.2 Å². The fourth-order valence-electron chi connectivity index (χ4n) is 3.11. The largest absolute Gasteiger partial charge is 0.504 e. The van der Waals surface area contributed by atoms with Gasteiger partial charge < -0.3 is 26.0 Å². The Morgan fingerprint density at radius 3 is 2.27 bits per heavy atom. The lowest BCUT2D eigenvalue weighted by Gasteiger charge is -2.32. The molecule has 1 aliphatic rings. The van der Waals surface area contributed by atoms with Crippen molar-refractivity contribution in [1.29, 1.82) is 0 Å². The number of amides is 2. The van der Waals surface area contributed by atoms with Crippen molar-refractivity contribution in [2.24, 2.45) is 0 Å². The zero-order valence-corrected chi connectivity index (χ0v) is 14.4. The van der Waals surface area contributed by atoms with Crippen LogP contribution in [0.4, 0.5) is 10.5 Å². The van der Waals surface area contributed by atoms with Gasteiger partial charge in [-0.2, -0.15) is 0 Å². The molecule has 1 saturated heterocycles. The Morgan fingerprint density at radius 2 is 1.65 bits per heavy atom. The lowest BCUT2D eigenvalue weighted by Crippen LogP contribution is -2.45. The van der Waals surface area contributed by atoms with Crippen LogP contribution < -0.4 is 10.6 Å². The molecule has 0 aromatic heterocycles. The SMILES string of the molecule is O=C(Nc1cc(O)c(O)c(O)c1)NC1CCN(Cc2ccccc2)CC1. The molecule has 0 saturated carbocycles. The van der Waals surface area contributed by atoms with E-state index in [2.05, 4.69) is 27.7 Å². The van der Waals surface area contributed by atoms with Crippen LogP contribution in [0.1, 0.15) is 18.4 Å². The van der Waals surface area contributed by atoms with Crippen molar-refractivity contribution < 1.29 is 20.1 Å². The topological polar surface area (TPSA) is 105 Å². The third kappa shape index (κ3) is 4.58. The number of nitrogens with one attached hydrogen (secondary N) is 2. The molecule has 7 heteroatoms. The van der Waals surface area contributed by atoms with Gasteiger partial charge in [0, 0.05) is 37.8 Å². The second-order valence-electron chi connectivity index (χ2n) is 6.50. The number of aromatic hydroxyl groups is 3. The van der Waals surface area contributed by atoms with Gasteiger partial charge in [0.1, 0.15) is 0 Å². The molecule has 2 aromatic rings. The van der Waals surface area contributed by atoms with Crippen molar-refractivity contribution in [3.8, 4) is 17.2 Å². The maximum Gasteiger partial charge on any atom is 0.319 e. The van der Waals surface area contributed by atoms with Crippen molar-refractivity contribution in [3.05, 3.63) is 48.0 Å². The zero-order valence-electron chi connectivity index (χ0n) is 14.4. The van der Waals surface area contributed by atoms with Crippen molar-refractivity contribution in [1.82, 2.24) is 10.2 Å². The molecule has 0 bridgehead atoms. The van der Waals surface area contributed by atoms with Gasteiger partial charge in [-0.25, -0.2) is 4.79 Å². The molecule has 138 valence electrons. The van der Waals surface area contributed by atoms with Crippen LogP contribution >= 0.6 is 0 Å². The van der Waals surface area contributed by atoms with E-state index in [0.717, 1.165) is 32.5 Å². The zero-order chi connectivity index (χ0) is 18.5. The number of nitrogens with zero attached hydrogens (tertiary/aromatic N) is 1. The number of anilines is 1. The highest BCUT2D eigenvalue weighted by Gasteiger charge is 2.21. The highest BCUT2D eigenvalue weighted by molar-refractivity contribution is 5.90. The van der Waals surface area contributed by atoms with E-state index in [1.165, 1.54) is 17.7 Å². The molecule has 2 amide bonds. The van der Waals surface area contributed by atoms with E-state index in [9.17, 15) is 20.1 Å². The third-order valence-corrected chi connectivity index (χ3v) is 4.50. The van der Waals surface area contributed by atoms with Crippen molar-refractivity contribution in [3.63, 3.8) is 0 Å². The van der Waals surface area contributed by atoms with Crippen LogP contribution in [0.3, 0.4) is 0 Å². The minimum atomic E-state index is -0.609. The van der Waals surface area contributed by atoms with Gasteiger partial charge in [-0.05, 0) is 18.4 Å². The van der Waals surface area contributed by atoms with Gasteiger partial charge in [-0.3, -0.25) is 4.90 Å². The Morgan fingerprint density at radius 1 is 1.04 bits per heavy atom. The summed E-state index contributed by atoms with van der Waals surface area (Å²) in [6, 6.07) is 12.3. The third-order valence-electron chi connectivity index (χ3n) is 4.50. The molecule has 0 unspecified atom stereocenters. The number of phenols is 3. The van der Waals surface area contributed by atoms with Gasteiger partial charge >= 0.3 is 6.03 Å². The highest BCUT2D eigenvalue weighted by Crippen LogP contribution is 2.37. The molecule has 26 heavy (non-hydrogen) atoms. The predicted molar refractivity (Wildman–Crippen MR) is 98.3 cm³/mol. The monoisotopic (exact) mass is 357 g/mol. The summed E-state index contributed by atoms with van der Waals surface area (Å²) < 4.78 is 0. The Labute approximate surface area is 151 Å². The molecule has 1 heterocycles. The molecule has 0 aliphatic carbocycles. The summed E-state index contributed by atoms with van der Waals surface area (Å²) in [6.45, 7) is 2.72. The fourth-order valence-corrected chi connectivity index (χ4v) is 3.11. The first-order chi connectivity index (χ1) is 12.5. The number of carbonyl (C=O) groups excluding carboxylic acids is 1. The Hall–Kier alpha value is -2.93. The van der Waals surface area contributed by atoms with Crippen LogP contribution in [-0.4, -0.2) is 45.4 Å². The summed E-state index contributed by atoms with van der Waals surface area (Å²) in [5.74, 6) is -1.59. The summed E-state index contributed by atoms with van der Waals surface area (Å²) in [5.41, 5.74) is 1.49. The van der Waals surface area contributed by atoms with Crippen molar-refractivity contribution in [2.45, 2.75) is 25.4 Å². The number of benzene rings is 2. The van der Waals surface area contributed by atoms with Crippen molar-refractivity contribution >= 4 is 11.7 Å². The number of rotatable bonds is 4. The molecule has 3 rings (SSSR count). The van der Waals surface area contributed by atoms with Crippen LogP contribution in [-0.2, 0) is 6.54 Å². The summed E-state index contributed by atoms with van der Waals surface area (Å²) in [4.78, 5) is 14.5. The number of urea groups is 1. The average Bonchev–Trinajstić information content (AvgIpc) is 2.62. The molecule has 0 atom stereocenters. The molecular weight excluding hydrogens is 334 g/mol. The van der Waals surface area contributed by atoms with Crippen molar-refractivity contribution in [2.75, 3.05) is 18.4 Å². The second-order valence-corrected chi connectivity index (χ2v) is 6.50. The highest BCUT2D eigenvalue weighted by atomic mass is 16.3. The lowest BCUT2D eigenvalue weighted by molar-refractivity contribution is 0.190. The minimum Gasteiger partial charge on any atom is -0.504 e. The summed E-state index contributed by atoms with van der Waals surface area (Å²) in [5, 5.41) is 33.7. The van der Waals surface area contributed by atoms with Crippen LogP contribution in [0.2, 0.25) is 0 Å². The normalized spacial score (nSPS) is 15.5. The van der Waals surface area contributed by atoms with E-state index in [0.29, 0.717) is 0 Å².